The Bertz CT molecular complexity index is 1350. The monoisotopic (exact) mass is 502 g/mol. The van der Waals surface area contributed by atoms with Crippen LogP contribution in [-0.2, 0) is 30.7 Å². The number of amides is 1. The second-order valence-electron chi connectivity index (χ2n) is 10.7. The number of carbonyl (C=O) groups excluding carboxylic acids is 1. The number of anilines is 1. The zero-order valence-electron chi connectivity index (χ0n) is 22.0. The predicted octanol–water partition coefficient (Wildman–Crippen LogP) is 5.48. The van der Waals surface area contributed by atoms with Crippen molar-refractivity contribution in [2.24, 2.45) is 11.3 Å². The van der Waals surface area contributed by atoms with Crippen molar-refractivity contribution in [3.05, 3.63) is 77.5 Å². The smallest absolute Gasteiger partial charge is 0.226 e. The molecule has 2 N–H and O–H groups in total. The first-order valence-electron chi connectivity index (χ1n) is 13.1. The third kappa shape index (κ3) is 5.24. The fraction of sp³-hybridized carbons (Fsp3) is 0.414. The molecule has 1 amide bonds. The average Bonchev–Trinajstić information content (AvgIpc) is 3.49. The summed E-state index contributed by atoms with van der Waals surface area (Å²) in [6, 6.07) is 6.42. The summed E-state index contributed by atoms with van der Waals surface area (Å²) in [5, 5.41) is 3.58. The molecule has 194 valence electrons. The minimum Gasteiger partial charge on any atom is -0.348 e. The van der Waals surface area contributed by atoms with E-state index in [-0.39, 0.29) is 23.1 Å². The number of rotatable bonds is 7. The molecule has 3 aromatic rings. The molecule has 1 atom stereocenters. The topological polar surface area (TPSA) is 78.8 Å². The highest BCUT2D eigenvalue weighted by atomic mass is 19.1. The molecule has 0 saturated heterocycles. The quantitative estimate of drug-likeness (QED) is 0.449. The molecule has 8 heteroatoms. The third-order valence-electron chi connectivity index (χ3n) is 7.30. The van der Waals surface area contributed by atoms with E-state index < -0.39 is 0 Å². The molecule has 2 aromatic heterocycles. The Hall–Kier alpha value is -3.68. The second kappa shape index (κ2) is 10.00. The van der Waals surface area contributed by atoms with Gasteiger partial charge in [-0.3, -0.25) is 4.79 Å². The van der Waals surface area contributed by atoms with Crippen LogP contribution < -0.4 is 5.32 Å². The van der Waals surface area contributed by atoms with E-state index >= 15 is 0 Å². The maximum Gasteiger partial charge on any atom is 0.226 e. The van der Waals surface area contributed by atoms with Gasteiger partial charge in [0.05, 0.1) is 18.6 Å². The Kier molecular flexibility index (Phi) is 6.75. The first-order chi connectivity index (χ1) is 17.7. The van der Waals surface area contributed by atoms with E-state index in [0.717, 1.165) is 52.8 Å². The summed E-state index contributed by atoms with van der Waals surface area (Å²) in [6.45, 7) is 10.1. The van der Waals surface area contributed by atoms with Gasteiger partial charge in [0, 0.05) is 42.4 Å². The highest BCUT2D eigenvalue weighted by Gasteiger charge is 2.30. The van der Waals surface area contributed by atoms with Crippen LogP contribution in [0, 0.1) is 17.2 Å². The van der Waals surface area contributed by atoms with E-state index in [2.05, 4.69) is 58.9 Å². The Morgan fingerprint density at radius 2 is 2.03 bits per heavy atom. The number of H-pyrrole nitrogens is 1. The molecule has 37 heavy (non-hydrogen) atoms. The molecular weight excluding hydrogens is 467 g/mol. The van der Waals surface area contributed by atoms with Crippen LogP contribution in [0.2, 0.25) is 0 Å². The number of hydrogen-bond acceptors (Lipinski definition) is 4. The zero-order valence-corrected chi connectivity index (χ0v) is 22.0. The highest BCUT2D eigenvalue weighted by molar-refractivity contribution is 5.79. The number of allylic oxidation sites excluding steroid dienone is 3. The minimum atomic E-state index is -0.281. The van der Waals surface area contributed by atoms with Crippen molar-refractivity contribution in [3.8, 4) is 11.3 Å². The van der Waals surface area contributed by atoms with E-state index in [0.29, 0.717) is 26.1 Å². The number of carbonyl (C=O) groups is 1. The van der Waals surface area contributed by atoms with Crippen molar-refractivity contribution in [3.63, 3.8) is 0 Å². The molecule has 0 unspecified atom stereocenters. The summed E-state index contributed by atoms with van der Waals surface area (Å²) in [6.07, 6.45) is 10.6. The van der Waals surface area contributed by atoms with Crippen LogP contribution in [0.4, 0.5) is 10.2 Å². The first kappa shape index (κ1) is 25.0. The average molecular weight is 503 g/mol. The Labute approximate surface area is 217 Å². The normalized spacial score (nSPS) is 17.3. The van der Waals surface area contributed by atoms with Gasteiger partial charge in [0.15, 0.2) is 0 Å². The molecule has 0 saturated carbocycles. The number of halogens is 1. The van der Waals surface area contributed by atoms with Gasteiger partial charge in [0.2, 0.25) is 5.91 Å². The molecule has 0 spiro atoms. The van der Waals surface area contributed by atoms with E-state index in [1.54, 1.807) is 18.5 Å². The number of hydrogen-bond donors (Lipinski definition) is 2. The summed E-state index contributed by atoms with van der Waals surface area (Å²) in [7, 11) is 0. The number of nitrogens with zero attached hydrogens (tertiary/aromatic N) is 4. The van der Waals surface area contributed by atoms with Crippen molar-refractivity contribution in [2.75, 3.05) is 11.9 Å². The standard InChI is InChI=1S/C29H35FN6O/c1-5-23-24(32-18-31-23)16-19(2)28(37)35-14-15-36-25(17-35)34-26(20-6-8-21(30)9-7-20)27(36)33-22-10-12-29(3,4)13-11-22/h6-12,18-19,33H,5,13-17H2,1-4H3,(H,31,32)/t19-/m0/s1. The Balaban J connectivity index is 1.40. The molecule has 5 rings (SSSR count). The van der Waals surface area contributed by atoms with E-state index in [4.69, 9.17) is 4.98 Å². The van der Waals surface area contributed by atoms with Crippen molar-refractivity contribution < 1.29 is 9.18 Å². The number of nitrogens with one attached hydrogen (secondary N) is 2. The summed E-state index contributed by atoms with van der Waals surface area (Å²) in [5.74, 6) is 1.37. The molecule has 0 bridgehead atoms. The van der Waals surface area contributed by atoms with Crippen LogP contribution in [0.25, 0.3) is 11.3 Å². The number of imidazole rings is 2. The van der Waals surface area contributed by atoms with Gasteiger partial charge in [0.1, 0.15) is 23.2 Å². The molecule has 2 aliphatic rings. The molecule has 0 radical (unpaired) electrons. The number of benzene rings is 1. The van der Waals surface area contributed by atoms with Crippen molar-refractivity contribution >= 4 is 11.7 Å². The third-order valence-corrected chi connectivity index (χ3v) is 7.30. The molecule has 7 nitrogen and oxygen atoms in total. The lowest BCUT2D eigenvalue weighted by atomic mass is 9.85. The second-order valence-corrected chi connectivity index (χ2v) is 10.7. The van der Waals surface area contributed by atoms with Gasteiger partial charge in [-0.15, -0.1) is 0 Å². The lowest BCUT2D eigenvalue weighted by Crippen LogP contribution is -2.41. The van der Waals surface area contributed by atoms with Gasteiger partial charge < -0.3 is 19.8 Å². The van der Waals surface area contributed by atoms with Gasteiger partial charge in [-0.25, -0.2) is 14.4 Å². The molecule has 3 heterocycles. The fourth-order valence-electron chi connectivity index (χ4n) is 5.04. The summed E-state index contributed by atoms with van der Waals surface area (Å²) < 4.78 is 15.8. The van der Waals surface area contributed by atoms with Crippen molar-refractivity contribution in [1.82, 2.24) is 24.4 Å². The van der Waals surface area contributed by atoms with E-state index in [1.807, 2.05) is 11.8 Å². The lowest BCUT2D eigenvalue weighted by Gasteiger charge is -2.31. The SMILES string of the molecule is CCc1nc[nH]c1C[C@H](C)C(=O)N1CCn2c(nc(-c3ccc(F)cc3)c2NC2=CCC(C)(C)C=C2)C1. The summed E-state index contributed by atoms with van der Waals surface area (Å²) >= 11 is 0. The number of aromatic nitrogens is 4. The minimum absolute atomic E-state index is 0.115. The maximum atomic E-state index is 13.7. The Morgan fingerprint density at radius 1 is 1.24 bits per heavy atom. The number of aromatic amines is 1. The first-order valence-corrected chi connectivity index (χ1v) is 13.1. The lowest BCUT2D eigenvalue weighted by molar-refractivity contribution is -0.136. The van der Waals surface area contributed by atoms with Crippen LogP contribution >= 0.6 is 0 Å². The van der Waals surface area contributed by atoms with Crippen molar-refractivity contribution in [2.45, 2.75) is 60.0 Å². The van der Waals surface area contributed by atoms with Crippen LogP contribution in [0.5, 0.6) is 0 Å². The molecular formula is C29H35FN6O. The van der Waals surface area contributed by atoms with Gasteiger partial charge >= 0.3 is 0 Å². The van der Waals surface area contributed by atoms with Crippen LogP contribution in [0.3, 0.4) is 0 Å². The van der Waals surface area contributed by atoms with Crippen LogP contribution in [0.1, 0.15) is 51.3 Å². The molecule has 0 fully saturated rings. The number of aryl methyl sites for hydroxylation is 1. The molecule has 1 aromatic carbocycles. The summed E-state index contributed by atoms with van der Waals surface area (Å²) in [5.41, 5.74) is 4.80. The van der Waals surface area contributed by atoms with Gasteiger partial charge in [-0.2, -0.15) is 0 Å². The van der Waals surface area contributed by atoms with E-state index in [9.17, 15) is 9.18 Å². The summed E-state index contributed by atoms with van der Waals surface area (Å²) in [4.78, 5) is 27.8. The van der Waals surface area contributed by atoms with Crippen LogP contribution in [-0.4, -0.2) is 36.9 Å². The fourth-order valence-corrected chi connectivity index (χ4v) is 5.04. The van der Waals surface area contributed by atoms with E-state index in [1.165, 1.54) is 12.1 Å². The highest BCUT2D eigenvalue weighted by Crippen LogP contribution is 2.34. The van der Waals surface area contributed by atoms with Gasteiger partial charge in [0.25, 0.3) is 0 Å². The van der Waals surface area contributed by atoms with Crippen molar-refractivity contribution in [1.29, 1.82) is 0 Å². The maximum absolute atomic E-state index is 13.7. The van der Waals surface area contributed by atoms with Crippen LogP contribution in [0.15, 0.2) is 54.5 Å². The molecule has 1 aliphatic heterocycles. The largest absolute Gasteiger partial charge is 0.348 e. The zero-order chi connectivity index (χ0) is 26.2. The molecule has 1 aliphatic carbocycles. The van der Waals surface area contributed by atoms with Gasteiger partial charge in [-0.1, -0.05) is 39.8 Å². The van der Waals surface area contributed by atoms with Gasteiger partial charge in [-0.05, 0) is 48.6 Å². The Morgan fingerprint density at radius 3 is 2.73 bits per heavy atom. The number of fused-ring (bicyclic) bond motifs is 1. The predicted molar refractivity (Wildman–Crippen MR) is 143 cm³/mol.